The second-order valence-corrected chi connectivity index (χ2v) is 12.8. The molecule has 4 fully saturated rings. The van der Waals surface area contributed by atoms with Crippen LogP contribution in [0.5, 0.6) is 5.88 Å². The largest absolute Gasteiger partial charge is 0.477 e. The third-order valence-corrected chi connectivity index (χ3v) is 9.66. The minimum Gasteiger partial charge on any atom is -0.477 e. The number of hydrogen-bond donors (Lipinski definition) is 1. The van der Waals surface area contributed by atoms with Crippen LogP contribution in [-0.2, 0) is 0 Å². The molecule has 2 bridgehead atoms. The Kier molecular flexibility index (Phi) is 6.76. The number of anilines is 2. The van der Waals surface area contributed by atoms with Gasteiger partial charge in [-0.05, 0) is 69.3 Å². The number of nitrogens with zero attached hydrogens (tertiary/aromatic N) is 6. The van der Waals surface area contributed by atoms with Crippen LogP contribution in [0.4, 0.5) is 11.5 Å². The maximum absolute atomic E-state index is 13.3. The maximum atomic E-state index is 13.3. The molecule has 3 aromatic heterocycles. The van der Waals surface area contributed by atoms with Crippen molar-refractivity contribution in [1.82, 2.24) is 19.4 Å². The molecule has 1 saturated carbocycles. The average molecular weight is 622 g/mol. The Balaban J connectivity index is 1.27. The Bertz CT molecular complexity index is 1800. The van der Waals surface area contributed by atoms with Gasteiger partial charge in [-0.1, -0.05) is 23.2 Å². The van der Waals surface area contributed by atoms with Gasteiger partial charge in [0.25, 0.3) is 0 Å². The van der Waals surface area contributed by atoms with E-state index in [-0.39, 0.29) is 16.5 Å². The number of likely N-dealkylation sites (N-methyl/N-ethyl adjacent to an activating group) is 1. The summed E-state index contributed by atoms with van der Waals surface area (Å²) in [5, 5.41) is 10.9. The van der Waals surface area contributed by atoms with Gasteiger partial charge in [0.15, 0.2) is 0 Å². The van der Waals surface area contributed by atoms with Gasteiger partial charge in [-0.15, -0.1) is 0 Å². The zero-order valence-corrected chi connectivity index (χ0v) is 25.2. The number of benzene rings is 1. The van der Waals surface area contributed by atoms with Crippen LogP contribution in [0.25, 0.3) is 16.6 Å². The van der Waals surface area contributed by atoms with E-state index in [4.69, 9.17) is 27.9 Å². The molecule has 1 aromatic carbocycles. The first-order valence-electron chi connectivity index (χ1n) is 14.1. The number of aromatic nitrogens is 3. The van der Waals surface area contributed by atoms with Crippen molar-refractivity contribution in [3.8, 4) is 11.6 Å². The van der Waals surface area contributed by atoms with Gasteiger partial charge in [-0.25, -0.2) is 14.8 Å². The summed E-state index contributed by atoms with van der Waals surface area (Å²) >= 11 is 13.1. The maximum Gasteiger partial charge on any atom is 0.341 e. The summed E-state index contributed by atoms with van der Waals surface area (Å²) in [4.78, 5) is 41.0. The normalized spacial score (nSPS) is 21.3. The van der Waals surface area contributed by atoms with Crippen LogP contribution in [0.1, 0.15) is 23.2 Å². The van der Waals surface area contributed by atoms with E-state index in [0.29, 0.717) is 45.7 Å². The topological polar surface area (TPSA) is 104 Å². The van der Waals surface area contributed by atoms with Crippen LogP contribution >= 0.6 is 23.2 Å². The van der Waals surface area contributed by atoms with Crippen molar-refractivity contribution in [2.24, 2.45) is 5.92 Å². The van der Waals surface area contributed by atoms with Crippen LogP contribution in [-0.4, -0.2) is 82.4 Å². The number of fused-ring (bicyclic) bond motifs is 2. The number of ether oxygens (including phenoxy) is 1. The molecule has 43 heavy (non-hydrogen) atoms. The lowest BCUT2D eigenvalue weighted by Gasteiger charge is -2.43. The molecule has 0 spiro atoms. The molecule has 0 radical (unpaired) electrons. The molecular weight excluding hydrogens is 591 g/mol. The number of halogens is 2. The van der Waals surface area contributed by atoms with E-state index in [1.165, 1.54) is 6.20 Å². The molecule has 12 heteroatoms. The summed E-state index contributed by atoms with van der Waals surface area (Å²) in [6.07, 6.45) is 6.60. The SMILES string of the molecule is CN(C)C1CN(c2ccc(-n3cc(C(=O)O)c(=O)c4cc(Cl)c(N5CC6CC5(COc5ncccc5Cl)C6)cc43)cn2)C1. The first-order valence-corrected chi connectivity index (χ1v) is 14.9. The molecule has 0 amide bonds. The molecule has 10 nitrogen and oxygen atoms in total. The molecule has 4 aliphatic rings. The van der Waals surface area contributed by atoms with Crippen molar-refractivity contribution in [3.05, 3.63) is 80.8 Å². The predicted molar refractivity (Wildman–Crippen MR) is 167 cm³/mol. The summed E-state index contributed by atoms with van der Waals surface area (Å²) in [7, 11) is 4.13. The van der Waals surface area contributed by atoms with Crippen molar-refractivity contribution in [3.63, 3.8) is 0 Å². The fourth-order valence-corrected chi connectivity index (χ4v) is 7.07. The van der Waals surface area contributed by atoms with Crippen molar-refractivity contribution >= 4 is 51.6 Å². The van der Waals surface area contributed by atoms with Gasteiger partial charge >= 0.3 is 5.97 Å². The number of rotatable bonds is 8. The smallest absolute Gasteiger partial charge is 0.341 e. The minimum atomic E-state index is -1.30. The third-order valence-electron chi connectivity index (χ3n) is 9.07. The first-order chi connectivity index (χ1) is 20.6. The fraction of sp³-hybridized carbons (Fsp3) is 0.355. The van der Waals surface area contributed by atoms with Crippen LogP contribution in [0.2, 0.25) is 10.0 Å². The third kappa shape index (κ3) is 4.68. The van der Waals surface area contributed by atoms with Crippen molar-refractivity contribution in [2.45, 2.75) is 24.4 Å². The highest BCUT2D eigenvalue weighted by Crippen LogP contribution is 2.54. The number of carboxylic acid groups (broad SMARTS) is 1. The first kappa shape index (κ1) is 27.9. The molecule has 4 aromatic rings. The Hall–Kier alpha value is -3.86. The van der Waals surface area contributed by atoms with Gasteiger partial charge in [-0.3, -0.25) is 4.79 Å². The zero-order chi connectivity index (χ0) is 30.0. The van der Waals surface area contributed by atoms with Gasteiger partial charge < -0.3 is 29.1 Å². The van der Waals surface area contributed by atoms with Crippen LogP contribution in [0.15, 0.2) is 59.8 Å². The standard InChI is InChI=1S/C31H30Cl2N6O4/c1-36(2)20-14-37(15-20)27-6-5-19(12-35-27)38-16-22(30(41)42)28(40)21-8-24(33)26(9-25(21)38)39-13-18-10-31(39,11-18)17-43-29-23(32)4-3-7-34-29/h3-9,12,16,18,20H,10-11,13-15,17H2,1-2H3,(H,41,42). The second-order valence-electron chi connectivity index (χ2n) is 12.0. The Morgan fingerprint density at radius 1 is 1.12 bits per heavy atom. The van der Waals surface area contributed by atoms with E-state index in [0.717, 1.165) is 44.0 Å². The van der Waals surface area contributed by atoms with E-state index in [1.807, 2.05) is 18.2 Å². The van der Waals surface area contributed by atoms with E-state index in [9.17, 15) is 14.7 Å². The Morgan fingerprint density at radius 2 is 1.91 bits per heavy atom. The average Bonchev–Trinajstić information content (AvgIpc) is 3.48. The van der Waals surface area contributed by atoms with E-state index in [1.54, 1.807) is 35.2 Å². The number of pyridine rings is 3. The molecular formula is C31H30Cl2N6O4. The van der Waals surface area contributed by atoms with Crippen LogP contribution < -0.4 is 20.0 Å². The summed E-state index contributed by atoms with van der Waals surface area (Å²) in [6.45, 7) is 2.96. The van der Waals surface area contributed by atoms with Gasteiger partial charge in [-0.2, -0.15) is 0 Å². The van der Waals surface area contributed by atoms with Crippen molar-refractivity contribution in [1.29, 1.82) is 0 Å². The van der Waals surface area contributed by atoms with Crippen LogP contribution in [0.3, 0.4) is 0 Å². The monoisotopic (exact) mass is 620 g/mol. The zero-order valence-electron chi connectivity index (χ0n) is 23.7. The minimum absolute atomic E-state index is 0.228. The van der Waals surface area contributed by atoms with E-state index >= 15 is 0 Å². The van der Waals surface area contributed by atoms with Gasteiger partial charge in [0.05, 0.1) is 33.6 Å². The molecule has 222 valence electrons. The molecule has 0 atom stereocenters. The predicted octanol–water partition coefficient (Wildman–Crippen LogP) is 4.58. The number of carbonyl (C=O) groups is 1. The molecule has 3 saturated heterocycles. The molecule has 3 aliphatic heterocycles. The summed E-state index contributed by atoms with van der Waals surface area (Å²) in [5.74, 6) is 0.433. The van der Waals surface area contributed by atoms with Crippen LogP contribution in [0, 0.1) is 5.92 Å². The van der Waals surface area contributed by atoms with Crippen molar-refractivity contribution < 1.29 is 14.6 Å². The number of hydrogen-bond acceptors (Lipinski definition) is 8. The molecule has 0 unspecified atom stereocenters. The van der Waals surface area contributed by atoms with Gasteiger partial charge in [0.1, 0.15) is 23.0 Å². The number of aromatic carboxylic acids is 1. The van der Waals surface area contributed by atoms with Gasteiger partial charge in [0.2, 0.25) is 11.3 Å². The Morgan fingerprint density at radius 3 is 2.58 bits per heavy atom. The van der Waals surface area contributed by atoms with E-state index in [2.05, 4.69) is 38.8 Å². The van der Waals surface area contributed by atoms with Gasteiger partial charge in [0, 0.05) is 43.5 Å². The summed E-state index contributed by atoms with van der Waals surface area (Å²) < 4.78 is 7.81. The fourth-order valence-electron chi connectivity index (χ4n) is 6.63. The number of carboxylic acids is 1. The summed E-state index contributed by atoms with van der Waals surface area (Å²) in [6, 6.07) is 11.3. The second kappa shape index (κ2) is 10.4. The molecule has 1 aliphatic carbocycles. The highest BCUT2D eigenvalue weighted by Gasteiger charge is 2.57. The highest BCUT2D eigenvalue weighted by molar-refractivity contribution is 6.34. The highest BCUT2D eigenvalue weighted by atomic mass is 35.5. The summed E-state index contributed by atoms with van der Waals surface area (Å²) in [5.41, 5.74) is 0.746. The Labute approximate surface area is 258 Å². The van der Waals surface area contributed by atoms with Crippen molar-refractivity contribution in [2.75, 3.05) is 50.1 Å². The lowest BCUT2D eigenvalue weighted by Crippen LogP contribution is -2.57. The molecule has 6 heterocycles. The lowest BCUT2D eigenvalue weighted by molar-refractivity contribution is 0.0695. The molecule has 1 N–H and O–H groups in total. The molecule has 8 rings (SSSR count). The quantitative estimate of drug-likeness (QED) is 0.303. The lowest BCUT2D eigenvalue weighted by atomic mass is 9.74. The van der Waals surface area contributed by atoms with E-state index < -0.39 is 11.4 Å².